The van der Waals surface area contributed by atoms with Crippen molar-refractivity contribution < 1.29 is 0 Å². The van der Waals surface area contributed by atoms with Gasteiger partial charge in [0, 0.05) is 0 Å². The van der Waals surface area contributed by atoms with Crippen LogP contribution in [-0.2, 0) is 0 Å². The van der Waals surface area contributed by atoms with Gasteiger partial charge in [-0.15, -0.1) is 0 Å². The zero-order valence-corrected chi connectivity index (χ0v) is 13.6. The molecule has 0 aliphatic heterocycles. The van der Waals surface area contributed by atoms with Gasteiger partial charge in [0.1, 0.15) is 0 Å². The van der Waals surface area contributed by atoms with E-state index in [9.17, 15) is 0 Å². The molecule has 4 heteroatoms. The van der Waals surface area contributed by atoms with Gasteiger partial charge in [0.25, 0.3) is 0 Å². The number of hydrogen-bond donors (Lipinski definition) is 4. The van der Waals surface area contributed by atoms with Crippen molar-refractivity contribution in [2.75, 3.05) is 52.4 Å². The standard InChI is InChI=1S/C16H36N4/c1-3-17-9-5-11-19-13-15-7-8-16(15)14-20-12-6-10-18-4-2/h15-20H,3-14H2,1-2H3/t15-,16-/m1/s1. The molecule has 0 aromatic carbocycles. The second-order valence-corrected chi connectivity index (χ2v) is 5.92. The first-order chi connectivity index (χ1) is 9.88. The Labute approximate surface area is 125 Å². The number of nitrogens with one attached hydrogen (secondary N) is 4. The van der Waals surface area contributed by atoms with Gasteiger partial charge in [-0.05, 0) is 89.9 Å². The van der Waals surface area contributed by atoms with Crippen LogP contribution >= 0.6 is 0 Å². The lowest BCUT2D eigenvalue weighted by molar-refractivity contribution is 0.167. The Kier molecular flexibility index (Phi) is 11.2. The highest BCUT2D eigenvalue weighted by Crippen LogP contribution is 2.32. The average Bonchev–Trinajstić information content (AvgIpc) is 2.44. The lowest BCUT2D eigenvalue weighted by Gasteiger charge is -2.37. The summed E-state index contributed by atoms with van der Waals surface area (Å²) in [6.45, 7) is 13.5. The van der Waals surface area contributed by atoms with E-state index in [2.05, 4.69) is 35.1 Å². The van der Waals surface area contributed by atoms with Gasteiger partial charge in [-0.2, -0.15) is 0 Å². The molecule has 120 valence electrons. The second-order valence-electron chi connectivity index (χ2n) is 5.92. The van der Waals surface area contributed by atoms with Crippen LogP contribution in [0.2, 0.25) is 0 Å². The molecule has 0 amide bonds. The maximum absolute atomic E-state index is 3.62. The van der Waals surface area contributed by atoms with Gasteiger partial charge in [0.15, 0.2) is 0 Å². The molecule has 20 heavy (non-hydrogen) atoms. The summed E-state index contributed by atoms with van der Waals surface area (Å²) in [6, 6.07) is 0. The molecular formula is C16H36N4. The molecule has 4 N–H and O–H groups in total. The minimum Gasteiger partial charge on any atom is -0.317 e. The molecule has 1 saturated carbocycles. The van der Waals surface area contributed by atoms with Gasteiger partial charge in [-0.3, -0.25) is 0 Å². The van der Waals surface area contributed by atoms with E-state index in [0.717, 1.165) is 51.1 Å². The Hall–Kier alpha value is -0.160. The van der Waals surface area contributed by atoms with Gasteiger partial charge < -0.3 is 21.3 Å². The summed E-state index contributed by atoms with van der Waals surface area (Å²) < 4.78 is 0. The lowest BCUT2D eigenvalue weighted by Crippen LogP contribution is -2.41. The van der Waals surface area contributed by atoms with Gasteiger partial charge in [0.2, 0.25) is 0 Å². The van der Waals surface area contributed by atoms with Crippen LogP contribution < -0.4 is 21.3 Å². The summed E-state index contributed by atoms with van der Waals surface area (Å²) >= 11 is 0. The first-order valence-corrected chi connectivity index (χ1v) is 8.71. The zero-order valence-electron chi connectivity index (χ0n) is 13.6. The molecule has 0 bridgehead atoms. The fourth-order valence-corrected chi connectivity index (χ4v) is 2.78. The molecule has 1 fully saturated rings. The van der Waals surface area contributed by atoms with Crippen LogP contribution in [0.5, 0.6) is 0 Å². The second kappa shape index (κ2) is 12.6. The molecule has 0 aromatic heterocycles. The van der Waals surface area contributed by atoms with Crippen LogP contribution in [0.15, 0.2) is 0 Å². The van der Waals surface area contributed by atoms with Crippen LogP contribution in [-0.4, -0.2) is 52.4 Å². The SMILES string of the molecule is CCNCCCNC[C@H]1CC[C@@H]1CNCCCNCC. The summed E-state index contributed by atoms with van der Waals surface area (Å²) in [5, 5.41) is 14.0. The molecule has 4 nitrogen and oxygen atoms in total. The Morgan fingerprint density at radius 3 is 1.40 bits per heavy atom. The van der Waals surface area contributed by atoms with Gasteiger partial charge in [-0.25, -0.2) is 0 Å². The van der Waals surface area contributed by atoms with Crippen molar-refractivity contribution in [3.63, 3.8) is 0 Å². The first kappa shape index (κ1) is 17.9. The summed E-state index contributed by atoms with van der Waals surface area (Å²) in [6.07, 6.45) is 5.33. The van der Waals surface area contributed by atoms with E-state index in [1.54, 1.807) is 0 Å². The molecule has 1 aliphatic rings. The van der Waals surface area contributed by atoms with Crippen LogP contribution in [0.3, 0.4) is 0 Å². The Bertz CT molecular complexity index is 189. The maximum Gasteiger partial charge on any atom is -0.00174 e. The van der Waals surface area contributed by atoms with Gasteiger partial charge in [-0.1, -0.05) is 13.8 Å². The molecule has 0 spiro atoms. The van der Waals surface area contributed by atoms with Crippen molar-refractivity contribution >= 4 is 0 Å². The summed E-state index contributed by atoms with van der Waals surface area (Å²) in [5.74, 6) is 1.82. The van der Waals surface area contributed by atoms with Crippen molar-refractivity contribution in [3.8, 4) is 0 Å². The Balaban J connectivity index is 1.86. The quantitative estimate of drug-likeness (QED) is 0.362. The minimum atomic E-state index is 0.912. The Morgan fingerprint density at radius 1 is 0.650 bits per heavy atom. The molecule has 2 atom stereocenters. The van der Waals surface area contributed by atoms with Gasteiger partial charge >= 0.3 is 0 Å². The van der Waals surface area contributed by atoms with E-state index in [1.807, 2.05) is 0 Å². The molecule has 0 radical (unpaired) electrons. The highest BCUT2D eigenvalue weighted by Gasteiger charge is 2.29. The van der Waals surface area contributed by atoms with E-state index >= 15 is 0 Å². The monoisotopic (exact) mass is 284 g/mol. The fraction of sp³-hybridized carbons (Fsp3) is 1.00. The topological polar surface area (TPSA) is 48.1 Å². The highest BCUT2D eigenvalue weighted by molar-refractivity contribution is 4.83. The highest BCUT2D eigenvalue weighted by atomic mass is 14.9. The summed E-state index contributed by atoms with van der Waals surface area (Å²) in [4.78, 5) is 0. The van der Waals surface area contributed by atoms with E-state index in [4.69, 9.17) is 0 Å². The third kappa shape index (κ3) is 8.20. The predicted molar refractivity (Wildman–Crippen MR) is 88.3 cm³/mol. The van der Waals surface area contributed by atoms with Crippen LogP contribution in [0.4, 0.5) is 0 Å². The molecule has 0 aromatic rings. The third-order valence-electron chi connectivity index (χ3n) is 4.30. The van der Waals surface area contributed by atoms with E-state index < -0.39 is 0 Å². The summed E-state index contributed by atoms with van der Waals surface area (Å²) in [7, 11) is 0. The molecule has 0 saturated heterocycles. The van der Waals surface area contributed by atoms with E-state index in [1.165, 1.54) is 38.8 Å². The molecule has 0 unspecified atom stereocenters. The van der Waals surface area contributed by atoms with Crippen molar-refractivity contribution in [2.24, 2.45) is 11.8 Å². The predicted octanol–water partition coefficient (Wildman–Crippen LogP) is 1.19. The van der Waals surface area contributed by atoms with Crippen molar-refractivity contribution in [1.82, 2.24) is 21.3 Å². The van der Waals surface area contributed by atoms with Gasteiger partial charge in [0.05, 0.1) is 0 Å². The molecule has 1 rings (SSSR count). The summed E-state index contributed by atoms with van der Waals surface area (Å²) in [5.41, 5.74) is 0. The number of hydrogen-bond acceptors (Lipinski definition) is 4. The lowest BCUT2D eigenvalue weighted by atomic mass is 9.73. The fourth-order valence-electron chi connectivity index (χ4n) is 2.78. The van der Waals surface area contributed by atoms with E-state index in [-0.39, 0.29) is 0 Å². The smallest absolute Gasteiger partial charge is 0.00174 e. The van der Waals surface area contributed by atoms with Crippen LogP contribution in [0.25, 0.3) is 0 Å². The molecule has 0 heterocycles. The number of rotatable bonds is 14. The largest absolute Gasteiger partial charge is 0.317 e. The normalized spacial score (nSPS) is 21.9. The zero-order chi connectivity index (χ0) is 14.5. The third-order valence-corrected chi connectivity index (χ3v) is 4.30. The van der Waals surface area contributed by atoms with Crippen LogP contribution in [0.1, 0.15) is 39.5 Å². The average molecular weight is 284 g/mol. The minimum absolute atomic E-state index is 0.912. The first-order valence-electron chi connectivity index (χ1n) is 8.71. The molecular weight excluding hydrogens is 248 g/mol. The maximum atomic E-state index is 3.62. The van der Waals surface area contributed by atoms with Crippen LogP contribution in [0, 0.1) is 11.8 Å². The Morgan fingerprint density at radius 2 is 1.05 bits per heavy atom. The molecule has 1 aliphatic carbocycles. The van der Waals surface area contributed by atoms with Crippen molar-refractivity contribution in [1.29, 1.82) is 0 Å². The van der Waals surface area contributed by atoms with Crippen molar-refractivity contribution in [3.05, 3.63) is 0 Å². The van der Waals surface area contributed by atoms with Crippen molar-refractivity contribution in [2.45, 2.75) is 39.5 Å². The van der Waals surface area contributed by atoms with E-state index in [0.29, 0.717) is 0 Å².